The van der Waals surface area contributed by atoms with Gasteiger partial charge in [0.05, 0.1) is 47.1 Å². The van der Waals surface area contributed by atoms with Crippen molar-refractivity contribution in [1.29, 1.82) is 0 Å². The maximum atomic E-state index is 14.7. The monoisotopic (exact) mass is 846 g/mol. The number of ether oxygens (including phenoxy) is 4. The number of piperidine rings is 1. The molecule has 9 atom stereocenters. The number of amides is 2. The molecule has 0 aromatic heterocycles. The minimum absolute atomic E-state index is 0.00927. The summed E-state index contributed by atoms with van der Waals surface area (Å²) in [5.74, 6) is -7.61. The van der Waals surface area contributed by atoms with Gasteiger partial charge in [0.2, 0.25) is 11.7 Å². The van der Waals surface area contributed by atoms with Crippen molar-refractivity contribution in [2.45, 2.75) is 117 Å². The van der Waals surface area contributed by atoms with Gasteiger partial charge in [0.1, 0.15) is 29.0 Å². The first kappa shape index (κ1) is 45.2. The van der Waals surface area contributed by atoms with Gasteiger partial charge in [-0.2, -0.15) is 0 Å². The minimum Gasteiger partial charge on any atom is -0.507 e. The lowest BCUT2D eigenvalue weighted by Crippen LogP contribution is -2.51. The van der Waals surface area contributed by atoms with Crippen LogP contribution in [-0.2, 0) is 28.6 Å². The molecule has 16 nitrogen and oxygen atoms in total. The number of rotatable bonds is 3. The second-order valence-corrected chi connectivity index (χ2v) is 17.1. The van der Waals surface area contributed by atoms with E-state index in [2.05, 4.69) is 10.6 Å². The highest BCUT2D eigenvalue weighted by Crippen LogP contribution is 2.50. The molecule has 0 unspecified atom stereocenters. The van der Waals surface area contributed by atoms with E-state index in [1.54, 1.807) is 58.6 Å². The van der Waals surface area contributed by atoms with Gasteiger partial charge in [0.25, 0.3) is 11.7 Å². The van der Waals surface area contributed by atoms with Crippen LogP contribution in [0.25, 0.3) is 0 Å². The molecule has 2 amide bonds. The number of nitrogens with zero attached hydrogens (tertiary/aromatic N) is 2. The van der Waals surface area contributed by atoms with Gasteiger partial charge in [-0.1, -0.05) is 52.8 Å². The zero-order chi connectivity index (χ0) is 44.9. The van der Waals surface area contributed by atoms with E-state index in [1.165, 1.54) is 46.3 Å². The Morgan fingerprint density at radius 1 is 0.967 bits per heavy atom. The van der Waals surface area contributed by atoms with Crippen LogP contribution in [-0.4, -0.2) is 111 Å². The highest BCUT2D eigenvalue weighted by molar-refractivity contribution is 6.34. The third kappa shape index (κ3) is 8.12. The average molecular weight is 847 g/mol. The summed E-state index contributed by atoms with van der Waals surface area (Å²) in [6.07, 6.45) is 4.74. The zero-order valence-corrected chi connectivity index (χ0v) is 36.5. The number of phenolic OH excluding ortho intramolecular Hbond substituents is 1. The van der Waals surface area contributed by atoms with Crippen molar-refractivity contribution < 1.29 is 58.2 Å². The summed E-state index contributed by atoms with van der Waals surface area (Å²) in [6, 6.07) is 0. The van der Waals surface area contributed by atoms with Crippen LogP contribution in [0.1, 0.15) is 106 Å². The minimum atomic E-state index is -2.01. The van der Waals surface area contributed by atoms with E-state index < -0.39 is 88.7 Å². The molecule has 1 spiro atoms. The number of aliphatic hydroxyl groups is 2. The molecule has 0 saturated carbocycles. The van der Waals surface area contributed by atoms with Crippen molar-refractivity contribution in [2.24, 2.45) is 28.7 Å². The number of aromatic hydroxyl groups is 1. The van der Waals surface area contributed by atoms with Crippen LogP contribution in [0, 0.1) is 30.6 Å². The van der Waals surface area contributed by atoms with Crippen molar-refractivity contribution in [3.8, 4) is 11.5 Å². The first-order valence-corrected chi connectivity index (χ1v) is 20.9. The van der Waals surface area contributed by atoms with Gasteiger partial charge in [-0.05, 0) is 19.9 Å². The molecule has 5 aliphatic heterocycles. The lowest BCUT2D eigenvalue weighted by atomic mass is 9.78. The highest BCUT2D eigenvalue weighted by atomic mass is 16.7. The molecule has 1 aromatic carbocycles. The molecule has 5 N–H and O–H groups in total. The number of benzene rings is 1. The molecule has 16 heteroatoms. The topological polar surface area (TPSA) is 223 Å². The zero-order valence-electron chi connectivity index (χ0n) is 36.5. The Hall–Kier alpha value is -5.32. The van der Waals surface area contributed by atoms with Gasteiger partial charge in [0.15, 0.2) is 0 Å². The number of esters is 1. The van der Waals surface area contributed by atoms with Crippen molar-refractivity contribution in [3.05, 3.63) is 69.8 Å². The van der Waals surface area contributed by atoms with Crippen molar-refractivity contribution in [2.75, 3.05) is 20.2 Å². The van der Waals surface area contributed by atoms with Crippen molar-refractivity contribution >= 4 is 35.1 Å². The van der Waals surface area contributed by atoms with E-state index in [0.717, 1.165) is 0 Å². The summed E-state index contributed by atoms with van der Waals surface area (Å²) in [4.78, 5) is 75.0. The number of Topliss-reactive ketones (excluding diaryl/α,β-unsaturated/α-hetero) is 2. The van der Waals surface area contributed by atoms with Gasteiger partial charge in [0, 0.05) is 93.7 Å². The number of hydrogen-bond acceptors (Lipinski definition) is 14. The number of aliphatic imine (C=N–C) groups is 1. The van der Waals surface area contributed by atoms with Crippen LogP contribution in [0.5, 0.6) is 11.5 Å². The number of methoxy groups -OCH3 is 1. The quantitative estimate of drug-likeness (QED) is 0.273. The number of likely N-dealkylation sites (tertiary alicyclic amines) is 1. The lowest BCUT2D eigenvalue weighted by Gasteiger charge is -2.38. The molecule has 0 radical (unpaired) electrons. The summed E-state index contributed by atoms with van der Waals surface area (Å²) in [5, 5.41) is 40.8. The molecule has 1 saturated heterocycles. The number of phenols is 1. The molecular formula is C45H58N4O12. The van der Waals surface area contributed by atoms with Crippen LogP contribution in [0.4, 0.5) is 0 Å². The van der Waals surface area contributed by atoms with E-state index in [9.17, 15) is 39.3 Å². The Balaban J connectivity index is 1.50. The summed E-state index contributed by atoms with van der Waals surface area (Å²) >= 11 is 0. The number of aliphatic hydroxyl groups excluding tert-OH is 2. The second-order valence-electron chi connectivity index (χ2n) is 17.1. The van der Waals surface area contributed by atoms with E-state index in [-0.39, 0.29) is 56.6 Å². The fourth-order valence-electron chi connectivity index (χ4n) is 9.00. The summed E-state index contributed by atoms with van der Waals surface area (Å²) < 4.78 is 23.9. The summed E-state index contributed by atoms with van der Waals surface area (Å²) in [7, 11) is 1.45. The van der Waals surface area contributed by atoms with Gasteiger partial charge in [-0.3, -0.25) is 29.0 Å². The molecule has 1 aliphatic carbocycles. The molecule has 61 heavy (non-hydrogen) atoms. The normalized spacial score (nSPS) is 33.4. The molecule has 330 valence electrons. The fraction of sp³-hybridized carbons (Fsp3) is 0.556. The number of allylic oxidation sites excluding steroid dienone is 4. The molecule has 7 rings (SSSR count). The van der Waals surface area contributed by atoms with Gasteiger partial charge in [-0.25, -0.2) is 0 Å². The maximum absolute atomic E-state index is 14.7. The van der Waals surface area contributed by atoms with Crippen molar-refractivity contribution in [1.82, 2.24) is 15.5 Å². The molecule has 6 aliphatic rings. The number of fused-ring (bicyclic) bond motifs is 13. The third-order valence-corrected chi connectivity index (χ3v) is 12.9. The Bertz CT molecular complexity index is 2160. The molecule has 1 aromatic rings. The van der Waals surface area contributed by atoms with E-state index in [4.69, 9.17) is 23.9 Å². The molecule has 1 fully saturated rings. The Morgan fingerprint density at radius 3 is 2.26 bits per heavy atom. The average Bonchev–Trinajstić information content (AvgIpc) is 3.73. The van der Waals surface area contributed by atoms with Gasteiger partial charge in [-0.15, -0.1) is 0 Å². The second kappa shape index (κ2) is 17.2. The van der Waals surface area contributed by atoms with E-state index >= 15 is 0 Å². The number of carbonyl (C=O) groups excluding carboxylic acids is 5. The summed E-state index contributed by atoms with van der Waals surface area (Å²) in [5.41, 5.74) is -0.836. The number of ketones is 2. The van der Waals surface area contributed by atoms with Crippen LogP contribution in [0.15, 0.2) is 52.5 Å². The van der Waals surface area contributed by atoms with Crippen LogP contribution >= 0.6 is 0 Å². The predicted molar refractivity (Wildman–Crippen MR) is 222 cm³/mol. The van der Waals surface area contributed by atoms with Crippen LogP contribution < -0.4 is 15.4 Å². The van der Waals surface area contributed by atoms with Crippen LogP contribution in [0.2, 0.25) is 0 Å². The lowest BCUT2D eigenvalue weighted by molar-refractivity contribution is -0.160. The standard InChI is InChI=1S/C45H58N4O12/c1-11-29(51)49-18-16-45(17-19-49)47-33-30-31-38(54)26(7)41-32(30)42(56)44(9,61-41)59-20-15-28(58-10)23(4)40(60-27(8)50)25(6)37(53)24(5)36(52)21(2)13-12-14-22(3)43(57)46-35(39(31)55)34(33)48-45/h12-15,20-21,23-25,28,36-37,40,48,52-54H,11,16-19H2,1-10H3,(H,46,57)/b13-12+,20-15+,22-14-/t21-,23+,24+,25+,28-,36-,37+,40+,44-/m0/s1. The highest BCUT2D eigenvalue weighted by Gasteiger charge is 2.54. The third-order valence-electron chi connectivity index (χ3n) is 12.9. The van der Waals surface area contributed by atoms with Crippen LogP contribution in [0.3, 0.4) is 0 Å². The first-order valence-electron chi connectivity index (χ1n) is 20.9. The van der Waals surface area contributed by atoms with E-state index in [1.807, 2.05) is 0 Å². The Morgan fingerprint density at radius 2 is 1.64 bits per heavy atom. The summed E-state index contributed by atoms with van der Waals surface area (Å²) in [6.45, 7) is 15.2. The largest absolute Gasteiger partial charge is 0.507 e. The smallest absolute Gasteiger partial charge is 0.312 e. The molecule has 5 bridgehead atoms. The maximum Gasteiger partial charge on any atom is 0.312 e. The fourth-order valence-corrected chi connectivity index (χ4v) is 9.00. The number of carbonyl (C=O) groups is 5. The molecule has 5 heterocycles. The van der Waals surface area contributed by atoms with E-state index in [0.29, 0.717) is 32.4 Å². The van der Waals surface area contributed by atoms with Crippen molar-refractivity contribution in [3.63, 3.8) is 0 Å². The Labute approximate surface area is 355 Å². The number of nitrogens with one attached hydrogen (secondary N) is 2. The first-order chi connectivity index (χ1) is 28.7. The van der Waals surface area contributed by atoms with Gasteiger partial charge >= 0.3 is 11.8 Å². The predicted octanol–water partition coefficient (Wildman–Crippen LogP) is 3.90. The van der Waals surface area contributed by atoms with Gasteiger partial charge < -0.3 is 49.8 Å². The SMILES string of the molecule is CCC(=O)N1CCC2(CC1)N=C1C(=C3NC(=O)/C(C)=C\C=C\[C@H](C)[C@H](O)[C@@H](C)[C@@H](O)[C@@H](C)[C@H](OC(C)=O)[C@H](C)[C@@H](OC)/C=C/O[C@@]4(C)Oc5c(C)c(O)c(c1c5C4=O)C3=O)N2. The number of hydrogen-bond donors (Lipinski definition) is 5. The molecular weight excluding hydrogens is 789 g/mol. The Kier molecular flexibility index (Phi) is 12.8.